The molecule has 0 saturated heterocycles. The number of aromatic nitrogens is 1. The largest absolute Gasteiger partial charge is 0.388 e. The number of fused-ring (bicyclic) bond motifs is 1. The van der Waals surface area contributed by atoms with Crippen LogP contribution in [0.1, 0.15) is 42.9 Å². The minimum Gasteiger partial charge on any atom is -0.388 e. The Hall–Kier alpha value is -0.410. The Kier molecular flexibility index (Phi) is 4.36. The zero-order chi connectivity index (χ0) is 11.4. The molecule has 1 atom stereocenters. The molecule has 0 aliphatic heterocycles. The summed E-state index contributed by atoms with van der Waals surface area (Å²) in [6.45, 7) is 1.08. The molecule has 1 aromatic heterocycles. The van der Waals surface area contributed by atoms with E-state index >= 15 is 0 Å². The molecule has 1 aromatic rings. The SMILES string of the molecule is CSCCCn1cc2c(c1)C(O)CCCC2. The predicted molar refractivity (Wildman–Crippen MR) is 69.9 cm³/mol. The number of aliphatic hydroxyl groups excluding tert-OH is 1. The smallest absolute Gasteiger partial charge is 0.0807 e. The molecule has 1 heterocycles. The quantitative estimate of drug-likeness (QED) is 0.645. The number of hydrogen-bond acceptors (Lipinski definition) is 2. The second-order valence-electron chi connectivity index (χ2n) is 4.58. The second-order valence-corrected chi connectivity index (χ2v) is 5.57. The molecule has 0 spiro atoms. The average molecular weight is 239 g/mol. The fourth-order valence-electron chi connectivity index (χ4n) is 2.41. The molecule has 0 bridgehead atoms. The first-order valence-corrected chi connectivity index (χ1v) is 7.56. The zero-order valence-corrected chi connectivity index (χ0v) is 10.8. The summed E-state index contributed by atoms with van der Waals surface area (Å²) in [6.07, 6.45) is 12.0. The van der Waals surface area contributed by atoms with Crippen molar-refractivity contribution < 1.29 is 5.11 Å². The number of aliphatic hydroxyl groups is 1. The molecule has 0 radical (unpaired) electrons. The maximum Gasteiger partial charge on any atom is 0.0807 e. The van der Waals surface area contributed by atoms with Gasteiger partial charge in [0, 0.05) is 24.5 Å². The van der Waals surface area contributed by atoms with E-state index in [0.717, 1.165) is 25.8 Å². The summed E-state index contributed by atoms with van der Waals surface area (Å²) in [6, 6.07) is 0. The molecule has 0 fully saturated rings. The summed E-state index contributed by atoms with van der Waals surface area (Å²) in [5.41, 5.74) is 2.55. The standard InChI is InChI=1S/C13H21NOS/c1-16-8-4-7-14-9-11-5-2-3-6-13(15)12(11)10-14/h9-10,13,15H,2-8H2,1H3. The molecule has 2 rings (SSSR count). The highest BCUT2D eigenvalue weighted by Gasteiger charge is 2.17. The van der Waals surface area contributed by atoms with E-state index in [1.165, 1.54) is 29.7 Å². The van der Waals surface area contributed by atoms with Crippen molar-refractivity contribution in [3.63, 3.8) is 0 Å². The summed E-state index contributed by atoms with van der Waals surface area (Å²) < 4.78 is 2.26. The Morgan fingerprint density at radius 3 is 3.12 bits per heavy atom. The van der Waals surface area contributed by atoms with Gasteiger partial charge in [-0.15, -0.1) is 0 Å². The topological polar surface area (TPSA) is 25.2 Å². The van der Waals surface area contributed by atoms with Crippen molar-refractivity contribution in [3.8, 4) is 0 Å². The third-order valence-electron chi connectivity index (χ3n) is 3.29. The van der Waals surface area contributed by atoms with Gasteiger partial charge in [-0.05, 0) is 43.3 Å². The summed E-state index contributed by atoms with van der Waals surface area (Å²) in [7, 11) is 0. The van der Waals surface area contributed by atoms with Crippen LogP contribution in [0, 0.1) is 0 Å². The van der Waals surface area contributed by atoms with Crippen LogP contribution in [0.25, 0.3) is 0 Å². The molecule has 0 saturated carbocycles. The fraction of sp³-hybridized carbons (Fsp3) is 0.692. The number of rotatable bonds is 4. The molecule has 90 valence electrons. The second kappa shape index (κ2) is 5.78. The third-order valence-corrected chi connectivity index (χ3v) is 3.99. The Bertz CT molecular complexity index is 335. The maximum atomic E-state index is 10.0. The van der Waals surface area contributed by atoms with Crippen molar-refractivity contribution in [1.29, 1.82) is 0 Å². The lowest BCUT2D eigenvalue weighted by Gasteiger charge is -2.06. The number of thioether (sulfide) groups is 1. The van der Waals surface area contributed by atoms with Crippen molar-refractivity contribution in [3.05, 3.63) is 23.5 Å². The Morgan fingerprint density at radius 2 is 2.31 bits per heavy atom. The van der Waals surface area contributed by atoms with Gasteiger partial charge in [0.2, 0.25) is 0 Å². The number of aryl methyl sites for hydroxylation is 2. The molecule has 0 aromatic carbocycles. The van der Waals surface area contributed by atoms with Crippen LogP contribution in [-0.4, -0.2) is 21.7 Å². The van der Waals surface area contributed by atoms with Crippen molar-refractivity contribution >= 4 is 11.8 Å². The van der Waals surface area contributed by atoms with Gasteiger partial charge in [0.1, 0.15) is 0 Å². The Balaban J connectivity index is 2.04. The van der Waals surface area contributed by atoms with Gasteiger partial charge >= 0.3 is 0 Å². The van der Waals surface area contributed by atoms with Crippen LogP contribution in [-0.2, 0) is 13.0 Å². The first-order chi connectivity index (χ1) is 7.81. The van der Waals surface area contributed by atoms with Gasteiger partial charge in [0.05, 0.1) is 6.10 Å². The average Bonchev–Trinajstić information content (AvgIpc) is 2.61. The van der Waals surface area contributed by atoms with Gasteiger partial charge in [-0.3, -0.25) is 0 Å². The van der Waals surface area contributed by atoms with Crippen LogP contribution in [0.5, 0.6) is 0 Å². The molecule has 1 N–H and O–H groups in total. The molecular formula is C13H21NOS. The van der Waals surface area contributed by atoms with E-state index < -0.39 is 0 Å². The van der Waals surface area contributed by atoms with E-state index in [1.807, 2.05) is 11.8 Å². The molecule has 1 aliphatic rings. The van der Waals surface area contributed by atoms with Crippen molar-refractivity contribution in [1.82, 2.24) is 4.57 Å². The normalized spacial score (nSPS) is 20.5. The fourth-order valence-corrected chi connectivity index (χ4v) is 2.83. The van der Waals surface area contributed by atoms with Crippen molar-refractivity contribution in [2.75, 3.05) is 12.0 Å². The Morgan fingerprint density at radius 1 is 1.44 bits per heavy atom. The molecule has 0 amide bonds. The highest BCUT2D eigenvalue weighted by atomic mass is 32.2. The summed E-state index contributed by atoms with van der Waals surface area (Å²) in [4.78, 5) is 0. The van der Waals surface area contributed by atoms with Crippen LogP contribution in [0.2, 0.25) is 0 Å². The van der Waals surface area contributed by atoms with Crippen LogP contribution < -0.4 is 0 Å². The lowest BCUT2D eigenvalue weighted by Crippen LogP contribution is -1.97. The minimum atomic E-state index is -0.223. The van der Waals surface area contributed by atoms with Crippen LogP contribution in [0.4, 0.5) is 0 Å². The van der Waals surface area contributed by atoms with E-state index in [-0.39, 0.29) is 6.10 Å². The molecule has 2 nitrogen and oxygen atoms in total. The number of hydrogen-bond donors (Lipinski definition) is 1. The van der Waals surface area contributed by atoms with E-state index in [4.69, 9.17) is 0 Å². The van der Waals surface area contributed by atoms with Crippen molar-refractivity contribution in [2.45, 2.75) is 44.8 Å². The van der Waals surface area contributed by atoms with Gasteiger partial charge < -0.3 is 9.67 Å². The van der Waals surface area contributed by atoms with E-state index in [0.29, 0.717) is 0 Å². The molecular weight excluding hydrogens is 218 g/mol. The molecule has 1 aliphatic carbocycles. The Labute approximate surface area is 102 Å². The van der Waals surface area contributed by atoms with Gasteiger partial charge in [-0.25, -0.2) is 0 Å². The third kappa shape index (κ3) is 2.83. The van der Waals surface area contributed by atoms with E-state index in [1.54, 1.807) is 0 Å². The highest BCUT2D eigenvalue weighted by molar-refractivity contribution is 7.98. The van der Waals surface area contributed by atoms with Crippen molar-refractivity contribution in [2.24, 2.45) is 0 Å². The van der Waals surface area contributed by atoms with Gasteiger partial charge in [-0.2, -0.15) is 11.8 Å². The van der Waals surface area contributed by atoms with Gasteiger partial charge in [0.15, 0.2) is 0 Å². The predicted octanol–water partition coefficient (Wildman–Crippen LogP) is 3.00. The van der Waals surface area contributed by atoms with Gasteiger partial charge in [0.25, 0.3) is 0 Å². The molecule has 16 heavy (non-hydrogen) atoms. The number of nitrogens with zero attached hydrogens (tertiary/aromatic N) is 1. The van der Waals surface area contributed by atoms with Crippen LogP contribution in [0.3, 0.4) is 0 Å². The zero-order valence-electron chi connectivity index (χ0n) is 9.98. The lowest BCUT2D eigenvalue weighted by atomic mass is 10.1. The van der Waals surface area contributed by atoms with Crippen LogP contribution in [0.15, 0.2) is 12.4 Å². The minimum absolute atomic E-state index is 0.223. The summed E-state index contributed by atoms with van der Waals surface area (Å²) in [5, 5.41) is 10.0. The summed E-state index contributed by atoms with van der Waals surface area (Å²) in [5.74, 6) is 1.21. The summed E-state index contributed by atoms with van der Waals surface area (Å²) >= 11 is 1.90. The first-order valence-electron chi connectivity index (χ1n) is 6.17. The van der Waals surface area contributed by atoms with E-state index in [9.17, 15) is 5.11 Å². The van der Waals surface area contributed by atoms with E-state index in [2.05, 4.69) is 23.2 Å². The highest BCUT2D eigenvalue weighted by Crippen LogP contribution is 2.29. The van der Waals surface area contributed by atoms with Crippen LogP contribution >= 0.6 is 11.8 Å². The molecule has 1 unspecified atom stereocenters. The molecule has 3 heteroatoms. The monoisotopic (exact) mass is 239 g/mol. The maximum absolute atomic E-state index is 10.0. The first kappa shape index (κ1) is 12.1. The lowest BCUT2D eigenvalue weighted by molar-refractivity contribution is 0.166. The van der Waals surface area contributed by atoms with Gasteiger partial charge in [-0.1, -0.05) is 6.42 Å².